The molecule has 140 valence electrons. The summed E-state index contributed by atoms with van der Waals surface area (Å²) in [5, 5.41) is 7.11. The van der Waals surface area contributed by atoms with Crippen molar-refractivity contribution in [3.8, 4) is 0 Å². The van der Waals surface area contributed by atoms with Crippen molar-refractivity contribution in [2.45, 2.75) is 39.0 Å². The third kappa shape index (κ3) is 3.26. The monoisotopic (exact) mass is 362 g/mol. The van der Waals surface area contributed by atoms with E-state index in [9.17, 15) is 19.2 Å². The maximum absolute atomic E-state index is 12.6. The van der Waals surface area contributed by atoms with Crippen LogP contribution in [0.4, 0.5) is 4.79 Å². The van der Waals surface area contributed by atoms with Crippen LogP contribution >= 0.6 is 0 Å². The first-order valence-electron chi connectivity index (χ1n) is 8.40. The number of fused-ring (bicyclic) bond motifs is 1. The number of amides is 5. The van der Waals surface area contributed by atoms with Gasteiger partial charge in [-0.2, -0.15) is 5.10 Å². The molecule has 0 unspecified atom stereocenters. The maximum Gasteiger partial charge on any atom is 0.326 e. The minimum atomic E-state index is -0.748. The molecule has 1 atom stereocenters. The molecule has 3 heterocycles. The second kappa shape index (κ2) is 6.77. The van der Waals surface area contributed by atoms with Crippen molar-refractivity contribution < 1.29 is 19.2 Å². The minimum Gasteiger partial charge on any atom is -0.351 e. The fraction of sp³-hybridized carbons (Fsp3) is 0.562. The van der Waals surface area contributed by atoms with E-state index in [0.29, 0.717) is 26.2 Å². The molecule has 2 aliphatic heterocycles. The Morgan fingerprint density at radius 2 is 2.00 bits per heavy atom. The van der Waals surface area contributed by atoms with Gasteiger partial charge in [0.15, 0.2) is 0 Å². The number of rotatable bonds is 4. The third-order valence-electron chi connectivity index (χ3n) is 4.76. The molecule has 26 heavy (non-hydrogen) atoms. The van der Waals surface area contributed by atoms with Crippen molar-refractivity contribution in [2.24, 2.45) is 0 Å². The molecule has 0 aromatic carbocycles. The summed E-state index contributed by atoms with van der Waals surface area (Å²) < 4.78 is 1.82. The largest absolute Gasteiger partial charge is 0.351 e. The molecule has 3 rings (SSSR count). The summed E-state index contributed by atoms with van der Waals surface area (Å²) in [5.74, 6) is -0.655. The van der Waals surface area contributed by atoms with E-state index in [-0.39, 0.29) is 24.1 Å². The van der Waals surface area contributed by atoms with Crippen LogP contribution in [0.2, 0.25) is 0 Å². The lowest BCUT2D eigenvalue weighted by Gasteiger charge is -2.29. The number of carbonyl (C=O) groups excluding carboxylic acids is 4. The first kappa shape index (κ1) is 17.9. The van der Waals surface area contributed by atoms with Crippen molar-refractivity contribution in [3.63, 3.8) is 0 Å². The van der Waals surface area contributed by atoms with Gasteiger partial charge < -0.3 is 15.1 Å². The maximum atomic E-state index is 12.6. The zero-order valence-electron chi connectivity index (χ0n) is 15.1. The third-order valence-corrected chi connectivity index (χ3v) is 4.76. The second-order valence-corrected chi connectivity index (χ2v) is 6.59. The Morgan fingerprint density at radius 3 is 2.62 bits per heavy atom. The van der Waals surface area contributed by atoms with E-state index in [2.05, 4.69) is 10.4 Å². The molecule has 2 aliphatic rings. The lowest BCUT2D eigenvalue weighted by molar-refractivity contribution is -0.137. The molecule has 10 heteroatoms. The summed E-state index contributed by atoms with van der Waals surface area (Å²) in [5.41, 5.74) is 1.62. The Labute approximate surface area is 150 Å². The van der Waals surface area contributed by atoms with Crippen molar-refractivity contribution >= 4 is 23.8 Å². The quantitative estimate of drug-likeness (QED) is 0.702. The number of nitrogens with zero attached hydrogens (tertiary/aromatic N) is 5. The molecule has 0 bridgehead atoms. The van der Waals surface area contributed by atoms with Gasteiger partial charge in [-0.25, -0.2) is 4.79 Å². The van der Waals surface area contributed by atoms with Crippen LogP contribution < -0.4 is 5.32 Å². The van der Waals surface area contributed by atoms with Gasteiger partial charge in [-0.1, -0.05) is 0 Å². The molecule has 1 fully saturated rings. The fourth-order valence-corrected chi connectivity index (χ4v) is 3.21. The predicted molar refractivity (Wildman–Crippen MR) is 89.5 cm³/mol. The first-order chi connectivity index (χ1) is 12.3. The summed E-state index contributed by atoms with van der Waals surface area (Å²) in [7, 11) is 2.95. The standard InChI is InChI=1S/C16H22N6O4/c1-10(23)17-8-11-6-12-9-21(4-5-22(12)18-11)14(24)7-13-15(25)20(3)16(26)19(13)2/h6,13H,4-5,7-9H2,1-3H3,(H,17,23)/t13-/m0/s1. The smallest absolute Gasteiger partial charge is 0.326 e. The van der Waals surface area contributed by atoms with E-state index in [0.717, 1.165) is 16.3 Å². The van der Waals surface area contributed by atoms with Crippen LogP contribution in [0.5, 0.6) is 0 Å². The number of aromatic nitrogens is 2. The van der Waals surface area contributed by atoms with Crippen LogP contribution in [0.1, 0.15) is 24.7 Å². The molecular weight excluding hydrogens is 340 g/mol. The number of hydrogen-bond acceptors (Lipinski definition) is 5. The normalized spacial score (nSPS) is 19.8. The summed E-state index contributed by atoms with van der Waals surface area (Å²) in [4.78, 5) is 51.6. The number of urea groups is 1. The molecule has 0 radical (unpaired) electrons. The molecule has 10 nitrogen and oxygen atoms in total. The molecule has 0 saturated carbocycles. The highest BCUT2D eigenvalue weighted by molar-refractivity contribution is 6.05. The van der Waals surface area contributed by atoms with Gasteiger partial charge in [-0.05, 0) is 6.07 Å². The van der Waals surface area contributed by atoms with E-state index < -0.39 is 12.1 Å². The van der Waals surface area contributed by atoms with E-state index >= 15 is 0 Å². The molecule has 1 N–H and O–H groups in total. The van der Waals surface area contributed by atoms with Gasteiger partial charge >= 0.3 is 6.03 Å². The van der Waals surface area contributed by atoms with Crippen molar-refractivity contribution in [3.05, 3.63) is 17.5 Å². The zero-order chi connectivity index (χ0) is 19.0. The first-order valence-corrected chi connectivity index (χ1v) is 8.40. The number of nitrogens with one attached hydrogen (secondary N) is 1. The van der Waals surface area contributed by atoms with E-state index in [1.165, 1.54) is 25.9 Å². The van der Waals surface area contributed by atoms with Gasteiger partial charge in [0.1, 0.15) is 6.04 Å². The average Bonchev–Trinajstić information content (AvgIpc) is 3.10. The minimum absolute atomic E-state index is 0.0295. The Balaban J connectivity index is 1.63. The van der Waals surface area contributed by atoms with Crippen LogP contribution in [0.15, 0.2) is 6.07 Å². The van der Waals surface area contributed by atoms with Crippen LogP contribution in [0.25, 0.3) is 0 Å². The summed E-state index contributed by atoms with van der Waals surface area (Å²) >= 11 is 0. The van der Waals surface area contributed by atoms with E-state index in [4.69, 9.17) is 0 Å². The van der Waals surface area contributed by atoms with Crippen molar-refractivity contribution in [1.82, 2.24) is 29.8 Å². The van der Waals surface area contributed by atoms with Crippen LogP contribution in [0, 0.1) is 0 Å². The number of imide groups is 1. The van der Waals surface area contributed by atoms with Crippen LogP contribution in [-0.4, -0.2) is 74.9 Å². The van der Waals surface area contributed by atoms with Gasteiger partial charge in [0, 0.05) is 27.6 Å². The Hall–Kier alpha value is -2.91. The summed E-state index contributed by atoms with van der Waals surface area (Å²) in [6.45, 7) is 3.22. The van der Waals surface area contributed by atoms with E-state index in [1.54, 1.807) is 4.90 Å². The van der Waals surface area contributed by atoms with Crippen molar-refractivity contribution in [2.75, 3.05) is 20.6 Å². The highest BCUT2D eigenvalue weighted by Gasteiger charge is 2.42. The highest BCUT2D eigenvalue weighted by Crippen LogP contribution is 2.20. The lowest BCUT2D eigenvalue weighted by Crippen LogP contribution is -2.42. The average molecular weight is 362 g/mol. The SMILES string of the molecule is CC(=O)NCc1cc2n(n1)CCN(C(=O)C[C@H]1C(=O)N(C)C(=O)N1C)C2. The topological polar surface area (TPSA) is 108 Å². The molecule has 5 amide bonds. The lowest BCUT2D eigenvalue weighted by atomic mass is 10.1. The van der Waals surface area contributed by atoms with Crippen LogP contribution in [0.3, 0.4) is 0 Å². The Morgan fingerprint density at radius 1 is 1.27 bits per heavy atom. The fourth-order valence-electron chi connectivity index (χ4n) is 3.21. The molecule has 1 saturated heterocycles. The van der Waals surface area contributed by atoms with Crippen LogP contribution in [-0.2, 0) is 34.0 Å². The Kier molecular flexibility index (Phi) is 4.66. The van der Waals surface area contributed by atoms with E-state index in [1.807, 2.05) is 10.7 Å². The summed E-state index contributed by atoms with van der Waals surface area (Å²) in [6.07, 6.45) is -0.0295. The zero-order valence-corrected chi connectivity index (χ0v) is 15.1. The highest BCUT2D eigenvalue weighted by atomic mass is 16.2. The molecule has 0 aliphatic carbocycles. The number of carbonyl (C=O) groups is 4. The van der Waals surface area contributed by atoms with Gasteiger partial charge in [-0.15, -0.1) is 0 Å². The molecule has 1 aromatic heterocycles. The van der Waals surface area contributed by atoms with Gasteiger partial charge in [-0.3, -0.25) is 24.0 Å². The molecule has 0 spiro atoms. The van der Waals surface area contributed by atoms with Crippen molar-refractivity contribution in [1.29, 1.82) is 0 Å². The number of hydrogen-bond donors (Lipinski definition) is 1. The number of likely N-dealkylation sites (N-methyl/N-ethyl adjacent to an activating group) is 2. The predicted octanol–water partition coefficient (Wildman–Crippen LogP) is -0.856. The Bertz CT molecular complexity index is 773. The van der Waals surface area contributed by atoms with Gasteiger partial charge in [0.2, 0.25) is 11.8 Å². The molecule has 1 aromatic rings. The second-order valence-electron chi connectivity index (χ2n) is 6.59. The summed E-state index contributed by atoms with van der Waals surface area (Å²) in [6, 6.07) is 0.716. The molecular formula is C16H22N6O4. The van der Waals surface area contributed by atoms with Gasteiger partial charge in [0.05, 0.1) is 37.4 Å². The van der Waals surface area contributed by atoms with Gasteiger partial charge in [0.25, 0.3) is 5.91 Å².